The van der Waals surface area contributed by atoms with Crippen molar-refractivity contribution in [1.29, 1.82) is 0 Å². The summed E-state index contributed by atoms with van der Waals surface area (Å²) in [4.78, 5) is 12.1. The lowest BCUT2D eigenvalue weighted by atomic mass is 9.99. The third-order valence-corrected chi connectivity index (χ3v) is 3.52. The third kappa shape index (κ3) is 2.60. The molecule has 0 bridgehead atoms. The highest BCUT2D eigenvalue weighted by molar-refractivity contribution is 5.97. The zero-order chi connectivity index (χ0) is 12.5. The molecule has 1 fully saturated rings. The molecule has 1 aromatic rings. The molecule has 1 aliphatic carbocycles. The molecule has 0 spiro atoms. The SMILES string of the molecule is Cc1ccc(O)c(C(=O)NC2(C)CCCC2)c1. The third-order valence-electron chi connectivity index (χ3n) is 3.52. The predicted octanol–water partition coefficient (Wildman–Crippen LogP) is 2.76. The van der Waals surface area contributed by atoms with Crippen LogP contribution in [-0.4, -0.2) is 16.6 Å². The zero-order valence-electron chi connectivity index (χ0n) is 10.4. The lowest BCUT2D eigenvalue weighted by molar-refractivity contribution is 0.0905. The van der Waals surface area contributed by atoms with Gasteiger partial charge in [-0.3, -0.25) is 4.79 Å². The number of benzene rings is 1. The molecule has 1 saturated carbocycles. The fourth-order valence-electron chi connectivity index (χ4n) is 2.45. The molecule has 3 heteroatoms. The average molecular weight is 233 g/mol. The Morgan fingerprint density at radius 2 is 2.00 bits per heavy atom. The Hall–Kier alpha value is -1.51. The van der Waals surface area contributed by atoms with Crippen LogP contribution < -0.4 is 5.32 Å². The number of aromatic hydroxyl groups is 1. The normalized spacial score (nSPS) is 18.0. The summed E-state index contributed by atoms with van der Waals surface area (Å²) in [5.41, 5.74) is 1.25. The van der Waals surface area contributed by atoms with Crippen molar-refractivity contribution in [1.82, 2.24) is 5.32 Å². The Morgan fingerprint density at radius 1 is 1.35 bits per heavy atom. The molecule has 17 heavy (non-hydrogen) atoms. The molecule has 0 radical (unpaired) electrons. The van der Waals surface area contributed by atoms with E-state index < -0.39 is 0 Å². The van der Waals surface area contributed by atoms with Gasteiger partial charge in [0.05, 0.1) is 5.56 Å². The van der Waals surface area contributed by atoms with E-state index in [0.717, 1.165) is 31.2 Å². The summed E-state index contributed by atoms with van der Waals surface area (Å²) in [6, 6.07) is 5.09. The van der Waals surface area contributed by atoms with Gasteiger partial charge in [-0.25, -0.2) is 0 Å². The molecule has 92 valence electrons. The second kappa shape index (κ2) is 4.40. The summed E-state index contributed by atoms with van der Waals surface area (Å²) >= 11 is 0. The van der Waals surface area contributed by atoms with Gasteiger partial charge in [0.25, 0.3) is 5.91 Å². The van der Waals surface area contributed by atoms with E-state index in [-0.39, 0.29) is 17.2 Å². The summed E-state index contributed by atoms with van der Waals surface area (Å²) in [5, 5.41) is 12.7. The van der Waals surface area contributed by atoms with Gasteiger partial charge in [-0.15, -0.1) is 0 Å². The van der Waals surface area contributed by atoms with Crippen LogP contribution in [-0.2, 0) is 0 Å². The Bertz CT molecular complexity index is 434. The van der Waals surface area contributed by atoms with Crippen LogP contribution in [0.25, 0.3) is 0 Å². The van der Waals surface area contributed by atoms with Crippen LogP contribution in [0.5, 0.6) is 5.75 Å². The van der Waals surface area contributed by atoms with Gasteiger partial charge in [-0.2, -0.15) is 0 Å². The standard InChI is InChI=1S/C14H19NO2/c1-10-5-6-12(16)11(9-10)13(17)15-14(2)7-3-4-8-14/h5-6,9,16H,3-4,7-8H2,1-2H3,(H,15,17). The first-order valence-electron chi connectivity index (χ1n) is 6.12. The fraction of sp³-hybridized carbons (Fsp3) is 0.500. The molecule has 0 aliphatic heterocycles. The highest BCUT2D eigenvalue weighted by Gasteiger charge is 2.30. The molecule has 0 unspecified atom stereocenters. The second-order valence-electron chi connectivity index (χ2n) is 5.24. The van der Waals surface area contributed by atoms with Crippen LogP contribution >= 0.6 is 0 Å². The minimum Gasteiger partial charge on any atom is -0.507 e. The van der Waals surface area contributed by atoms with Crippen LogP contribution in [0.2, 0.25) is 0 Å². The van der Waals surface area contributed by atoms with Gasteiger partial charge in [0.1, 0.15) is 5.75 Å². The Balaban J connectivity index is 2.17. The van der Waals surface area contributed by atoms with Crippen LogP contribution in [0.15, 0.2) is 18.2 Å². The van der Waals surface area contributed by atoms with E-state index in [1.165, 1.54) is 0 Å². The summed E-state index contributed by atoms with van der Waals surface area (Å²) in [6.07, 6.45) is 4.36. The van der Waals surface area contributed by atoms with Crippen molar-refractivity contribution in [3.05, 3.63) is 29.3 Å². The monoisotopic (exact) mass is 233 g/mol. The molecule has 1 aromatic carbocycles. The van der Waals surface area contributed by atoms with Crippen molar-refractivity contribution >= 4 is 5.91 Å². The van der Waals surface area contributed by atoms with Gasteiger partial charge in [-0.1, -0.05) is 24.5 Å². The number of nitrogens with one attached hydrogen (secondary N) is 1. The number of carbonyl (C=O) groups excluding carboxylic acids is 1. The number of rotatable bonds is 2. The molecule has 0 saturated heterocycles. The van der Waals surface area contributed by atoms with Crippen molar-refractivity contribution in [3.63, 3.8) is 0 Å². The summed E-state index contributed by atoms with van der Waals surface area (Å²) in [5.74, 6) is -0.120. The van der Waals surface area contributed by atoms with E-state index in [2.05, 4.69) is 12.2 Å². The molecule has 2 N–H and O–H groups in total. The first-order chi connectivity index (χ1) is 8.00. The topological polar surface area (TPSA) is 49.3 Å². The number of hydrogen-bond acceptors (Lipinski definition) is 2. The lowest BCUT2D eigenvalue weighted by Crippen LogP contribution is -2.43. The van der Waals surface area contributed by atoms with Gasteiger partial charge in [0.15, 0.2) is 0 Å². The van der Waals surface area contributed by atoms with Crippen molar-refractivity contribution in [2.75, 3.05) is 0 Å². The number of amides is 1. The smallest absolute Gasteiger partial charge is 0.255 e. The molecule has 0 heterocycles. The Kier molecular flexibility index (Phi) is 3.09. The fourth-order valence-corrected chi connectivity index (χ4v) is 2.45. The maximum atomic E-state index is 12.1. The van der Waals surface area contributed by atoms with Crippen molar-refractivity contribution in [2.24, 2.45) is 0 Å². The first kappa shape index (κ1) is 12.0. The lowest BCUT2D eigenvalue weighted by Gasteiger charge is -2.25. The largest absolute Gasteiger partial charge is 0.507 e. The molecule has 0 aromatic heterocycles. The van der Waals surface area contributed by atoms with Gasteiger partial charge in [0, 0.05) is 5.54 Å². The maximum absolute atomic E-state index is 12.1. The maximum Gasteiger partial charge on any atom is 0.255 e. The Morgan fingerprint density at radius 3 is 2.65 bits per heavy atom. The van der Waals surface area contributed by atoms with Gasteiger partial charge in [0.2, 0.25) is 0 Å². The highest BCUT2D eigenvalue weighted by atomic mass is 16.3. The van der Waals surface area contributed by atoms with Crippen LogP contribution in [0, 0.1) is 6.92 Å². The van der Waals surface area contributed by atoms with E-state index in [4.69, 9.17) is 0 Å². The van der Waals surface area contributed by atoms with Crippen LogP contribution in [0.3, 0.4) is 0 Å². The van der Waals surface area contributed by atoms with E-state index in [1.54, 1.807) is 18.2 Å². The number of aryl methyl sites for hydroxylation is 1. The van der Waals surface area contributed by atoms with Crippen molar-refractivity contribution in [2.45, 2.75) is 45.1 Å². The van der Waals surface area contributed by atoms with Gasteiger partial charge >= 0.3 is 0 Å². The van der Waals surface area contributed by atoms with E-state index in [1.807, 2.05) is 6.92 Å². The van der Waals surface area contributed by atoms with Crippen molar-refractivity contribution < 1.29 is 9.90 Å². The molecule has 2 rings (SSSR count). The van der Waals surface area contributed by atoms with Crippen LogP contribution in [0.1, 0.15) is 48.5 Å². The number of hydrogen-bond donors (Lipinski definition) is 2. The number of phenolic OH excluding ortho intramolecular Hbond substituents is 1. The van der Waals surface area contributed by atoms with E-state index in [0.29, 0.717) is 5.56 Å². The quantitative estimate of drug-likeness (QED) is 0.825. The first-order valence-corrected chi connectivity index (χ1v) is 6.12. The summed E-state index contributed by atoms with van der Waals surface area (Å²) in [7, 11) is 0. The summed E-state index contributed by atoms with van der Waals surface area (Å²) in [6.45, 7) is 3.98. The molecule has 3 nitrogen and oxygen atoms in total. The highest BCUT2D eigenvalue weighted by Crippen LogP contribution is 2.30. The Labute approximate surface area is 102 Å². The van der Waals surface area contributed by atoms with Gasteiger partial charge in [-0.05, 0) is 38.8 Å². The van der Waals surface area contributed by atoms with Crippen molar-refractivity contribution in [3.8, 4) is 5.75 Å². The molecule has 0 atom stereocenters. The average Bonchev–Trinajstić information content (AvgIpc) is 2.68. The van der Waals surface area contributed by atoms with E-state index >= 15 is 0 Å². The minimum absolute atomic E-state index is 0.0506. The van der Waals surface area contributed by atoms with Gasteiger partial charge < -0.3 is 10.4 Å². The minimum atomic E-state index is -0.171. The number of carbonyl (C=O) groups is 1. The second-order valence-corrected chi connectivity index (χ2v) is 5.24. The molecular weight excluding hydrogens is 214 g/mol. The molecule has 1 aliphatic rings. The predicted molar refractivity (Wildman–Crippen MR) is 67.2 cm³/mol. The summed E-state index contributed by atoms with van der Waals surface area (Å²) < 4.78 is 0. The van der Waals surface area contributed by atoms with E-state index in [9.17, 15) is 9.90 Å². The van der Waals surface area contributed by atoms with Crippen LogP contribution in [0.4, 0.5) is 0 Å². The zero-order valence-corrected chi connectivity index (χ0v) is 10.4. The number of phenols is 1. The molecular formula is C14H19NO2. The molecule has 1 amide bonds.